The summed E-state index contributed by atoms with van der Waals surface area (Å²) in [7, 11) is 0. The third-order valence-corrected chi connectivity index (χ3v) is 1.33. The number of rotatable bonds is 1. The van der Waals surface area contributed by atoms with Crippen LogP contribution in [0.25, 0.3) is 11.6 Å². The molecule has 6 nitrogen and oxygen atoms in total. The van der Waals surface area contributed by atoms with E-state index >= 15 is 0 Å². The molecule has 0 aliphatic heterocycles. The lowest BCUT2D eigenvalue weighted by Crippen LogP contribution is -1.90. The Labute approximate surface area is 68.1 Å². The summed E-state index contributed by atoms with van der Waals surface area (Å²) in [5.74, 6) is 0.893. The van der Waals surface area contributed by atoms with E-state index in [4.69, 9.17) is 0 Å². The summed E-state index contributed by atoms with van der Waals surface area (Å²) in [6.45, 7) is 1.92. The van der Waals surface area contributed by atoms with Gasteiger partial charge >= 0.3 is 0 Å². The molecule has 0 saturated heterocycles. The van der Waals surface area contributed by atoms with Crippen molar-refractivity contribution in [1.29, 1.82) is 0 Å². The average Bonchev–Trinajstić information content (AvgIpc) is 2.58. The summed E-state index contributed by atoms with van der Waals surface area (Å²) >= 11 is 0. The summed E-state index contributed by atoms with van der Waals surface area (Å²) in [6.07, 6.45) is 3.41. The van der Waals surface area contributed by atoms with Crippen LogP contribution in [0, 0.1) is 6.92 Å². The van der Waals surface area contributed by atoms with E-state index < -0.39 is 0 Å². The number of nitrogens with one attached hydrogen (secondary N) is 1. The molecular formula is C6H6N6. The smallest absolute Gasteiger partial charge is 0.233 e. The van der Waals surface area contributed by atoms with Crippen LogP contribution in [0.2, 0.25) is 0 Å². The molecule has 0 spiro atoms. The van der Waals surface area contributed by atoms with Gasteiger partial charge < -0.3 is 0 Å². The normalized spacial score (nSPS) is 10.1. The second-order valence-corrected chi connectivity index (χ2v) is 2.32. The summed E-state index contributed by atoms with van der Waals surface area (Å²) in [4.78, 5) is 8.05. The van der Waals surface area contributed by atoms with Crippen molar-refractivity contribution in [3.05, 3.63) is 18.0 Å². The zero-order chi connectivity index (χ0) is 8.39. The molecule has 12 heavy (non-hydrogen) atoms. The monoisotopic (exact) mass is 162 g/mol. The number of nitrogens with zero attached hydrogens (tertiary/aromatic N) is 5. The van der Waals surface area contributed by atoms with Gasteiger partial charge in [-0.25, -0.2) is 9.97 Å². The van der Waals surface area contributed by atoms with Crippen LogP contribution in [-0.4, -0.2) is 30.6 Å². The lowest BCUT2D eigenvalue weighted by molar-refractivity contribution is 0.881. The summed E-state index contributed by atoms with van der Waals surface area (Å²) in [5.41, 5.74) is 1.00. The first kappa shape index (κ1) is 6.84. The average molecular weight is 162 g/mol. The molecule has 6 heteroatoms. The van der Waals surface area contributed by atoms with E-state index in [-0.39, 0.29) is 0 Å². The minimum absolute atomic E-state index is 0.412. The molecule has 0 unspecified atom stereocenters. The lowest BCUT2D eigenvalue weighted by Gasteiger charge is -1.91. The number of aromatic nitrogens is 6. The zero-order valence-corrected chi connectivity index (χ0v) is 6.39. The van der Waals surface area contributed by atoms with Crippen molar-refractivity contribution >= 4 is 0 Å². The van der Waals surface area contributed by atoms with Gasteiger partial charge in [0.1, 0.15) is 0 Å². The van der Waals surface area contributed by atoms with Gasteiger partial charge in [0.2, 0.25) is 11.6 Å². The molecule has 0 amide bonds. The number of hydrogen-bond donors (Lipinski definition) is 1. The van der Waals surface area contributed by atoms with Crippen LogP contribution >= 0.6 is 0 Å². The highest BCUT2D eigenvalue weighted by atomic mass is 15.5. The standard InChI is InChI=1S/C6H6N6/c1-4-2-7-5(8-3-4)6-9-11-12-10-6/h2-3H,1H3,(H,9,10,11,12). The molecule has 0 aliphatic rings. The highest BCUT2D eigenvalue weighted by Crippen LogP contribution is 2.04. The van der Waals surface area contributed by atoms with E-state index in [1.165, 1.54) is 0 Å². The Balaban J connectivity index is 2.43. The Bertz CT molecular complexity index is 350. The first-order valence-electron chi connectivity index (χ1n) is 3.39. The van der Waals surface area contributed by atoms with E-state index in [1.807, 2.05) is 6.92 Å². The largest absolute Gasteiger partial charge is 0.241 e. The Morgan fingerprint density at radius 1 is 1.17 bits per heavy atom. The van der Waals surface area contributed by atoms with Crippen molar-refractivity contribution in [3.8, 4) is 11.6 Å². The van der Waals surface area contributed by atoms with E-state index in [0.717, 1.165) is 5.56 Å². The molecule has 60 valence electrons. The third kappa shape index (κ3) is 1.14. The van der Waals surface area contributed by atoms with Crippen molar-refractivity contribution in [1.82, 2.24) is 30.6 Å². The minimum Gasteiger partial charge on any atom is -0.233 e. The number of H-pyrrole nitrogens is 1. The molecule has 0 fully saturated rings. The van der Waals surface area contributed by atoms with Gasteiger partial charge in [-0.15, -0.1) is 10.2 Å². The third-order valence-electron chi connectivity index (χ3n) is 1.33. The van der Waals surface area contributed by atoms with Crippen LogP contribution in [0.1, 0.15) is 5.56 Å². The van der Waals surface area contributed by atoms with Gasteiger partial charge in [-0.05, 0) is 17.7 Å². The van der Waals surface area contributed by atoms with Gasteiger partial charge in [0.05, 0.1) is 0 Å². The van der Waals surface area contributed by atoms with Crippen LogP contribution < -0.4 is 0 Å². The first-order valence-corrected chi connectivity index (χ1v) is 3.39. The zero-order valence-electron chi connectivity index (χ0n) is 6.39. The van der Waals surface area contributed by atoms with E-state index in [1.54, 1.807) is 12.4 Å². The van der Waals surface area contributed by atoms with Crippen LogP contribution in [0.5, 0.6) is 0 Å². The molecule has 2 rings (SSSR count). The Morgan fingerprint density at radius 2 is 1.92 bits per heavy atom. The topological polar surface area (TPSA) is 80.2 Å². The summed E-state index contributed by atoms with van der Waals surface area (Å²) < 4.78 is 0. The Morgan fingerprint density at radius 3 is 2.50 bits per heavy atom. The molecule has 0 aliphatic carbocycles. The van der Waals surface area contributed by atoms with Gasteiger partial charge in [0.15, 0.2) is 0 Å². The van der Waals surface area contributed by atoms with Crippen LogP contribution in [0.3, 0.4) is 0 Å². The van der Waals surface area contributed by atoms with Gasteiger partial charge in [0, 0.05) is 12.4 Å². The highest BCUT2D eigenvalue weighted by molar-refractivity contribution is 5.39. The number of tetrazole rings is 1. The van der Waals surface area contributed by atoms with E-state index in [2.05, 4.69) is 30.6 Å². The molecule has 0 radical (unpaired) electrons. The predicted molar refractivity (Wildman–Crippen MR) is 39.9 cm³/mol. The fourth-order valence-corrected chi connectivity index (χ4v) is 0.765. The van der Waals surface area contributed by atoms with Crippen molar-refractivity contribution in [3.63, 3.8) is 0 Å². The van der Waals surface area contributed by atoms with Gasteiger partial charge in [-0.3, -0.25) is 0 Å². The maximum Gasteiger partial charge on any atom is 0.241 e. The number of aryl methyl sites for hydroxylation is 1. The fraction of sp³-hybridized carbons (Fsp3) is 0.167. The highest BCUT2D eigenvalue weighted by Gasteiger charge is 2.03. The number of aromatic amines is 1. The second-order valence-electron chi connectivity index (χ2n) is 2.32. The number of hydrogen-bond acceptors (Lipinski definition) is 5. The molecular weight excluding hydrogens is 156 g/mol. The van der Waals surface area contributed by atoms with Crippen molar-refractivity contribution < 1.29 is 0 Å². The van der Waals surface area contributed by atoms with Gasteiger partial charge in [0.25, 0.3) is 0 Å². The Kier molecular flexibility index (Phi) is 1.51. The molecule has 0 bridgehead atoms. The van der Waals surface area contributed by atoms with Gasteiger partial charge in [-0.2, -0.15) is 5.21 Å². The quantitative estimate of drug-likeness (QED) is 0.636. The first-order chi connectivity index (χ1) is 5.86. The molecule has 2 heterocycles. The maximum absolute atomic E-state index is 4.02. The summed E-state index contributed by atoms with van der Waals surface area (Å²) in [6, 6.07) is 0. The lowest BCUT2D eigenvalue weighted by atomic mass is 10.4. The fourth-order valence-electron chi connectivity index (χ4n) is 0.765. The molecule has 0 saturated carbocycles. The maximum atomic E-state index is 4.02. The second kappa shape index (κ2) is 2.65. The van der Waals surface area contributed by atoms with Crippen molar-refractivity contribution in [2.75, 3.05) is 0 Å². The predicted octanol–water partition coefficient (Wildman–Crippen LogP) is -0.0349. The summed E-state index contributed by atoms with van der Waals surface area (Å²) in [5, 5.41) is 13.2. The SMILES string of the molecule is Cc1cnc(-c2nn[nH]n2)nc1. The van der Waals surface area contributed by atoms with Crippen LogP contribution in [0.4, 0.5) is 0 Å². The molecule has 1 N–H and O–H groups in total. The van der Waals surface area contributed by atoms with Crippen molar-refractivity contribution in [2.24, 2.45) is 0 Å². The van der Waals surface area contributed by atoms with Crippen molar-refractivity contribution in [2.45, 2.75) is 6.92 Å². The molecule has 2 aromatic rings. The minimum atomic E-state index is 0.412. The Hall–Kier alpha value is -1.85. The molecule has 2 aromatic heterocycles. The van der Waals surface area contributed by atoms with Crippen LogP contribution in [0.15, 0.2) is 12.4 Å². The van der Waals surface area contributed by atoms with Gasteiger partial charge in [-0.1, -0.05) is 0 Å². The van der Waals surface area contributed by atoms with E-state index in [9.17, 15) is 0 Å². The van der Waals surface area contributed by atoms with E-state index in [0.29, 0.717) is 11.6 Å². The van der Waals surface area contributed by atoms with Crippen LogP contribution in [-0.2, 0) is 0 Å². The molecule has 0 atom stereocenters. The molecule has 0 aromatic carbocycles.